The largest absolute Gasteiger partial charge is 0.493 e. The van der Waals surface area contributed by atoms with Gasteiger partial charge in [-0.25, -0.2) is 4.79 Å². The number of aromatic carboxylic acids is 1. The Labute approximate surface area is 133 Å². The van der Waals surface area contributed by atoms with Crippen LogP contribution in [0.3, 0.4) is 0 Å². The molecule has 1 amide bonds. The first-order valence-corrected chi connectivity index (χ1v) is 7.48. The number of carbonyl (C=O) groups is 2. The van der Waals surface area contributed by atoms with Crippen molar-refractivity contribution < 1.29 is 19.4 Å². The van der Waals surface area contributed by atoms with E-state index in [0.717, 1.165) is 17.7 Å². The highest BCUT2D eigenvalue weighted by atomic mass is 16.5. The minimum Gasteiger partial charge on any atom is -0.493 e. The molecule has 1 unspecified atom stereocenters. The van der Waals surface area contributed by atoms with E-state index >= 15 is 0 Å². The maximum atomic E-state index is 12.2. The smallest absolute Gasteiger partial charge is 0.335 e. The van der Waals surface area contributed by atoms with Crippen molar-refractivity contribution in [1.82, 2.24) is 5.32 Å². The fourth-order valence-electron chi connectivity index (χ4n) is 2.74. The lowest BCUT2D eigenvalue weighted by atomic mass is 9.93. The summed E-state index contributed by atoms with van der Waals surface area (Å²) in [5.41, 5.74) is 1.55. The van der Waals surface area contributed by atoms with Crippen LogP contribution in [0.15, 0.2) is 48.5 Å². The van der Waals surface area contributed by atoms with Crippen molar-refractivity contribution in [3.8, 4) is 5.75 Å². The van der Waals surface area contributed by atoms with Gasteiger partial charge in [0, 0.05) is 18.0 Å². The minimum absolute atomic E-state index is 0.106. The molecular formula is C18H17NO4. The molecule has 3 rings (SSSR count). The van der Waals surface area contributed by atoms with Gasteiger partial charge in [0.1, 0.15) is 5.75 Å². The Morgan fingerprint density at radius 1 is 1.13 bits per heavy atom. The third kappa shape index (κ3) is 3.34. The molecule has 2 aromatic carbocycles. The molecule has 0 saturated heterocycles. The zero-order valence-electron chi connectivity index (χ0n) is 12.5. The predicted octanol–water partition coefficient (Wildman–Crippen LogP) is 2.68. The van der Waals surface area contributed by atoms with Crippen molar-refractivity contribution in [3.05, 3.63) is 65.2 Å². The Kier molecular flexibility index (Phi) is 4.28. The summed E-state index contributed by atoms with van der Waals surface area (Å²) < 4.78 is 5.61. The fourth-order valence-corrected chi connectivity index (χ4v) is 2.74. The van der Waals surface area contributed by atoms with E-state index in [9.17, 15) is 9.59 Å². The Hall–Kier alpha value is -2.82. The maximum absolute atomic E-state index is 12.2. The Bertz CT molecular complexity index is 741. The number of hydrogen-bond acceptors (Lipinski definition) is 3. The molecule has 23 heavy (non-hydrogen) atoms. The quantitative estimate of drug-likeness (QED) is 0.910. The van der Waals surface area contributed by atoms with Crippen LogP contribution in [0.5, 0.6) is 5.75 Å². The molecule has 2 N–H and O–H groups in total. The maximum Gasteiger partial charge on any atom is 0.335 e. The van der Waals surface area contributed by atoms with Crippen molar-refractivity contribution in [2.24, 2.45) is 0 Å². The standard InChI is InChI=1S/C18H17NO4/c20-17(12-4-3-5-13(10-12)18(21)22)19-11-14-8-9-23-16-7-2-1-6-15(14)16/h1-7,10,14H,8-9,11H2,(H,19,20)(H,21,22). The highest BCUT2D eigenvalue weighted by Crippen LogP contribution is 2.32. The number of fused-ring (bicyclic) bond motifs is 1. The van der Waals surface area contributed by atoms with Gasteiger partial charge in [0.2, 0.25) is 0 Å². The van der Waals surface area contributed by atoms with Crippen LogP contribution < -0.4 is 10.1 Å². The van der Waals surface area contributed by atoms with Crippen molar-refractivity contribution in [2.45, 2.75) is 12.3 Å². The number of nitrogens with one attached hydrogen (secondary N) is 1. The molecule has 118 valence electrons. The zero-order valence-corrected chi connectivity index (χ0v) is 12.5. The lowest BCUT2D eigenvalue weighted by Crippen LogP contribution is -2.30. The lowest BCUT2D eigenvalue weighted by molar-refractivity contribution is 0.0697. The monoisotopic (exact) mass is 311 g/mol. The first-order chi connectivity index (χ1) is 11.1. The van der Waals surface area contributed by atoms with E-state index < -0.39 is 5.97 Å². The summed E-state index contributed by atoms with van der Waals surface area (Å²) in [6, 6.07) is 13.9. The second-order valence-corrected chi connectivity index (χ2v) is 5.47. The van der Waals surface area contributed by atoms with E-state index in [0.29, 0.717) is 18.7 Å². The molecule has 0 bridgehead atoms. The lowest BCUT2D eigenvalue weighted by Gasteiger charge is -2.26. The van der Waals surface area contributed by atoms with Crippen LogP contribution in [0.1, 0.15) is 38.6 Å². The number of benzene rings is 2. The predicted molar refractivity (Wildman–Crippen MR) is 85.0 cm³/mol. The molecule has 1 aliphatic heterocycles. The third-order valence-electron chi connectivity index (χ3n) is 3.96. The second-order valence-electron chi connectivity index (χ2n) is 5.47. The number of hydrogen-bond donors (Lipinski definition) is 2. The van der Waals surface area contributed by atoms with Gasteiger partial charge in [0.15, 0.2) is 0 Å². The SMILES string of the molecule is O=C(O)c1cccc(C(=O)NCC2CCOc3ccccc32)c1. The van der Waals surface area contributed by atoms with Gasteiger partial charge < -0.3 is 15.2 Å². The number of carboxylic acid groups (broad SMARTS) is 1. The van der Waals surface area contributed by atoms with Gasteiger partial charge in [-0.15, -0.1) is 0 Å². The van der Waals surface area contributed by atoms with Gasteiger partial charge in [0.25, 0.3) is 5.91 Å². The number of carbonyl (C=O) groups excluding carboxylic acids is 1. The van der Waals surface area contributed by atoms with E-state index in [1.165, 1.54) is 12.1 Å². The van der Waals surface area contributed by atoms with E-state index in [-0.39, 0.29) is 17.4 Å². The number of para-hydroxylation sites is 1. The van der Waals surface area contributed by atoms with Crippen LogP contribution in [0, 0.1) is 0 Å². The Morgan fingerprint density at radius 2 is 1.91 bits per heavy atom. The topological polar surface area (TPSA) is 75.6 Å². The summed E-state index contributed by atoms with van der Waals surface area (Å²) in [5, 5.41) is 11.9. The normalized spacial score (nSPS) is 16.1. The average molecular weight is 311 g/mol. The minimum atomic E-state index is -1.04. The summed E-state index contributed by atoms with van der Waals surface area (Å²) >= 11 is 0. The first-order valence-electron chi connectivity index (χ1n) is 7.48. The van der Waals surface area contributed by atoms with E-state index in [4.69, 9.17) is 9.84 Å². The molecular weight excluding hydrogens is 294 g/mol. The Morgan fingerprint density at radius 3 is 2.74 bits per heavy atom. The molecule has 0 radical (unpaired) electrons. The number of ether oxygens (including phenoxy) is 1. The van der Waals surface area contributed by atoms with Crippen LogP contribution >= 0.6 is 0 Å². The summed E-state index contributed by atoms with van der Waals surface area (Å²) in [6.07, 6.45) is 0.840. The van der Waals surface area contributed by atoms with Crippen molar-refractivity contribution >= 4 is 11.9 Å². The summed E-state index contributed by atoms with van der Waals surface area (Å²) in [7, 11) is 0. The van der Waals surface area contributed by atoms with Gasteiger partial charge in [-0.2, -0.15) is 0 Å². The van der Waals surface area contributed by atoms with Crippen molar-refractivity contribution in [2.75, 3.05) is 13.2 Å². The summed E-state index contributed by atoms with van der Waals surface area (Å²) in [4.78, 5) is 23.2. The molecule has 0 aliphatic carbocycles. The molecule has 5 heteroatoms. The average Bonchev–Trinajstić information content (AvgIpc) is 2.59. The molecule has 1 aliphatic rings. The molecule has 5 nitrogen and oxygen atoms in total. The number of carboxylic acids is 1. The van der Waals surface area contributed by atoms with Gasteiger partial charge >= 0.3 is 5.97 Å². The molecule has 1 heterocycles. The molecule has 0 fully saturated rings. The molecule has 1 atom stereocenters. The first kappa shape index (κ1) is 15.1. The molecule has 0 spiro atoms. The number of amides is 1. The molecule has 0 aromatic heterocycles. The number of rotatable bonds is 4. The van der Waals surface area contributed by atoms with E-state index in [1.807, 2.05) is 24.3 Å². The van der Waals surface area contributed by atoms with Crippen LogP contribution in [0.4, 0.5) is 0 Å². The van der Waals surface area contributed by atoms with E-state index in [1.54, 1.807) is 12.1 Å². The Balaban J connectivity index is 1.68. The summed E-state index contributed by atoms with van der Waals surface area (Å²) in [6.45, 7) is 1.13. The summed E-state index contributed by atoms with van der Waals surface area (Å²) in [5.74, 6) is -0.243. The van der Waals surface area contributed by atoms with Crippen LogP contribution in [0.2, 0.25) is 0 Å². The highest BCUT2D eigenvalue weighted by Gasteiger charge is 2.21. The van der Waals surface area contributed by atoms with Crippen LogP contribution in [-0.2, 0) is 0 Å². The van der Waals surface area contributed by atoms with Gasteiger partial charge in [-0.1, -0.05) is 24.3 Å². The second kappa shape index (κ2) is 6.52. The van der Waals surface area contributed by atoms with Gasteiger partial charge in [-0.05, 0) is 36.2 Å². The zero-order chi connectivity index (χ0) is 16.2. The molecule has 2 aromatic rings. The van der Waals surface area contributed by atoms with Gasteiger partial charge in [-0.3, -0.25) is 4.79 Å². The van der Waals surface area contributed by atoms with Crippen molar-refractivity contribution in [3.63, 3.8) is 0 Å². The van der Waals surface area contributed by atoms with Crippen LogP contribution in [0.25, 0.3) is 0 Å². The van der Waals surface area contributed by atoms with Gasteiger partial charge in [0.05, 0.1) is 12.2 Å². The molecule has 0 saturated carbocycles. The fraction of sp³-hybridized carbons (Fsp3) is 0.222. The third-order valence-corrected chi connectivity index (χ3v) is 3.96. The van der Waals surface area contributed by atoms with Crippen LogP contribution in [-0.4, -0.2) is 30.1 Å². The highest BCUT2D eigenvalue weighted by molar-refractivity contribution is 5.97. The van der Waals surface area contributed by atoms with Crippen molar-refractivity contribution in [1.29, 1.82) is 0 Å². The van der Waals surface area contributed by atoms with E-state index in [2.05, 4.69) is 5.32 Å².